The summed E-state index contributed by atoms with van der Waals surface area (Å²) < 4.78 is 29.7. The van der Waals surface area contributed by atoms with Crippen molar-refractivity contribution in [2.45, 2.75) is 6.92 Å². The molecule has 2 aromatic rings. The predicted molar refractivity (Wildman–Crippen MR) is 69.1 cm³/mol. The first-order valence-electron chi connectivity index (χ1n) is 5.49. The van der Waals surface area contributed by atoms with Gasteiger partial charge in [0, 0.05) is 18.0 Å². The number of hydrogen-bond acceptors (Lipinski definition) is 4. The van der Waals surface area contributed by atoms with Crippen molar-refractivity contribution in [3.05, 3.63) is 36.7 Å². The van der Waals surface area contributed by atoms with Gasteiger partial charge in [0.25, 0.3) is 0 Å². The Kier molecular flexibility index (Phi) is 3.38. The lowest BCUT2D eigenvalue weighted by atomic mass is 10.2. The summed E-state index contributed by atoms with van der Waals surface area (Å²) in [7, 11) is -3.35. The van der Waals surface area contributed by atoms with Crippen LogP contribution in [-0.4, -0.2) is 30.2 Å². The first kappa shape index (κ1) is 12.6. The molecule has 18 heavy (non-hydrogen) atoms. The number of benzene rings is 1. The van der Waals surface area contributed by atoms with Crippen LogP contribution in [0.3, 0.4) is 0 Å². The minimum atomic E-state index is -3.35. The molecule has 0 saturated carbocycles. The van der Waals surface area contributed by atoms with E-state index in [4.69, 9.17) is 4.74 Å². The van der Waals surface area contributed by atoms with Crippen LogP contribution in [0.2, 0.25) is 0 Å². The summed E-state index contributed by atoms with van der Waals surface area (Å²) in [5.41, 5.74) is 0.705. The second kappa shape index (κ2) is 4.81. The van der Waals surface area contributed by atoms with E-state index in [1.165, 1.54) is 12.4 Å². The van der Waals surface area contributed by atoms with Crippen molar-refractivity contribution in [1.29, 1.82) is 0 Å². The molecule has 0 N–H and O–H groups in total. The molecule has 0 spiro atoms. The third-order valence-corrected chi connectivity index (χ3v) is 3.38. The van der Waals surface area contributed by atoms with E-state index >= 15 is 0 Å². The van der Waals surface area contributed by atoms with E-state index in [2.05, 4.69) is 4.98 Å². The third kappa shape index (κ3) is 2.53. The topological polar surface area (TPSA) is 61.2 Å². The third-order valence-electron chi connectivity index (χ3n) is 2.37. The van der Waals surface area contributed by atoms with Gasteiger partial charge in [0.05, 0.1) is 12.9 Å². The van der Waals surface area contributed by atoms with Gasteiger partial charge in [-0.1, -0.05) is 12.1 Å². The molecule has 2 rings (SSSR count). The van der Waals surface area contributed by atoms with Crippen LogP contribution in [0, 0.1) is 0 Å². The largest absolute Gasteiger partial charge is 0.494 e. The van der Waals surface area contributed by atoms with Gasteiger partial charge in [-0.3, -0.25) is 0 Å². The molecule has 0 amide bonds. The molecule has 0 fully saturated rings. The standard InChI is InChI=1S/C12H14N2O3S/c1-3-17-11-6-4-5-10(9-11)12-13-7-8-14(12)18(2,15)16/h4-9H,3H2,1-2H3. The first-order chi connectivity index (χ1) is 8.52. The van der Waals surface area contributed by atoms with E-state index in [1.807, 2.05) is 19.1 Å². The summed E-state index contributed by atoms with van der Waals surface area (Å²) in [6, 6.07) is 7.20. The summed E-state index contributed by atoms with van der Waals surface area (Å²) in [5, 5.41) is 0. The molecule has 1 aromatic heterocycles. The van der Waals surface area contributed by atoms with E-state index in [1.54, 1.807) is 12.1 Å². The maximum absolute atomic E-state index is 11.6. The van der Waals surface area contributed by atoms with Crippen molar-refractivity contribution in [3.8, 4) is 17.1 Å². The Morgan fingerprint density at radius 3 is 2.83 bits per heavy atom. The number of imidazole rings is 1. The molecule has 0 aliphatic rings. The summed E-state index contributed by atoms with van der Waals surface area (Å²) in [6.07, 6.45) is 4.03. The summed E-state index contributed by atoms with van der Waals surface area (Å²) in [5.74, 6) is 1.08. The Morgan fingerprint density at radius 1 is 1.39 bits per heavy atom. The van der Waals surface area contributed by atoms with Crippen LogP contribution >= 0.6 is 0 Å². The fourth-order valence-electron chi connectivity index (χ4n) is 1.65. The maximum Gasteiger partial charge on any atom is 0.237 e. The molecule has 0 saturated heterocycles. The highest BCUT2D eigenvalue weighted by Crippen LogP contribution is 2.23. The Labute approximate surface area is 106 Å². The van der Waals surface area contributed by atoms with Crippen LogP contribution in [-0.2, 0) is 10.0 Å². The minimum Gasteiger partial charge on any atom is -0.494 e. The molecule has 1 heterocycles. The van der Waals surface area contributed by atoms with Crippen LogP contribution in [0.15, 0.2) is 36.7 Å². The van der Waals surface area contributed by atoms with Crippen molar-refractivity contribution >= 4 is 10.0 Å². The molecular formula is C12H14N2O3S. The highest BCUT2D eigenvalue weighted by atomic mass is 32.2. The zero-order valence-electron chi connectivity index (χ0n) is 10.2. The smallest absolute Gasteiger partial charge is 0.237 e. The van der Waals surface area contributed by atoms with Gasteiger partial charge in [0.15, 0.2) is 5.82 Å². The Balaban J connectivity index is 2.50. The Bertz CT molecular complexity index is 647. The molecule has 0 unspecified atom stereocenters. The van der Waals surface area contributed by atoms with Crippen molar-refractivity contribution < 1.29 is 13.2 Å². The lowest BCUT2D eigenvalue weighted by Crippen LogP contribution is -2.10. The second-order valence-electron chi connectivity index (χ2n) is 3.77. The molecule has 0 aliphatic carbocycles. The van der Waals surface area contributed by atoms with Gasteiger partial charge in [-0.05, 0) is 19.1 Å². The number of nitrogens with zero attached hydrogens (tertiary/aromatic N) is 2. The summed E-state index contributed by atoms with van der Waals surface area (Å²) in [4.78, 5) is 4.08. The van der Waals surface area contributed by atoms with Crippen molar-refractivity contribution in [1.82, 2.24) is 8.96 Å². The van der Waals surface area contributed by atoms with Gasteiger partial charge in [-0.15, -0.1) is 0 Å². The van der Waals surface area contributed by atoms with Gasteiger partial charge in [0.1, 0.15) is 5.75 Å². The fourth-order valence-corrected chi connectivity index (χ4v) is 2.40. The van der Waals surface area contributed by atoms with Gasteiger partial charge in [0.2, 0.25) is 10.0 Å². The molecule has 0 atom stereocenters. The zero-order valence-corrected chi connectivity index (χ0v) is 11.0. The van der Waals surface area contributed by atoms with Gasteiger partial charge in [-0.2, -0.15) is 0 Å². The lowest BCUT2D eigenvalue weighted by molar-refractivity contribution is 0.340. The van der Waals surface area contributed by atoms with Crippen molar-refractivity contribution in [2.24, 2.45) is 0 Å². The van der Waals surface area contributed by atoms with E-state index in [0.29, 0.717) is 23.7 Å². The Hall–Kier alpha value is -1.82. The highest BCUT2D eigenvalue weighted by molar-refractivity contribution is 7.89. The first-order valence-corrected chi connectivity index (χ1v) is 7.34. The average Bonchev–Trinajstić information content (AvgIpc) is 2.78. The quantitative estimate of drug-likeness (QED) is 0.846. The number of aromatic nitrogens is 2. The Morgan fingerprint density at radius 2 is 2.17 bits per heavy atom. The lowest BCUT2D eigenvalue weighted by Gasteiger charge is -2.07. The van der Waals surface area contributed by atoms with Crippen molar-refractivity contribution in [2.75, 3.05) is 12.9 Å². The zero-order chi connectivity index (χ0) is 13.2. The van der Waals surface area contributed by atoms with E-state index < -0.39 is 10.0 Å². The van der Waals surface area contributed by atoms with Gasteiger partial charge in [-0.25, -0.2) is 17.4 Å². The fraction of sp³-hybridized carbons (Fsp3) is 0.250. The molecular weight excluding hydrogens is 252 g/mol. The SMILES string of the molecule is CCOc1cccc(-c2nccn2S(C)(=O)=O)c1. The summed E-state index contributed by atoms with van der Waals surface area (Å²) in [6.45, 7) is 2.45. The molecule has 6 heteroatoms. The predicted octanol–water partition coefficient (Wildman–Crippen LogP) is 1.76. The van der Waals surface area contributed by atoms with Gasteiger partial charge >= 0.3 is 0 Å². The van der Waals surface area contributed by atoms with Crippen LogP contribution in [0.1, 0.15) is 6.92 Å². The van der Waals surface area contributed by atoms with E-state index in [0.717, 1.165) is 10.2 Å². The molecule has 0 radical (unpaired) electrons. The molecule has 0 bridgehead atoms. The second-order valence-corrected chi connectivity index (χ2v) is 5.63. The molecule has 96 valence electrons. The van der Waals surface area contributed by atoms with Crippen LogP contribution < -0.4 is 4.74 Å². The number of rotatable bonds is 4. The average molecular weight is 266 g/mol. The molecule has 5 nitrogen and oxygen atoms in total. The summed E-state index contributed by atoms with van der Waals surface area (Å²) >= 11 is 0. The molecule has 0 aliphatic heterocycles. The number of ether oxygens (including phenoxy) is 1. The van der Waals surface area contributed by atoms with Crippen molar-refractivity contribution in [3.63, 3.8) is 0 Å². The highest BCUT2D eigenvalue weighted by Gasteiger charge is 2.13. The van der Waals surface area contributed by atoms with E-state index in [9.17, 15) is 8.42 Å². The van der Waals surface area contributed by atoms with Crippen LogP contribution in [0.5, 0.6) is 5.75 Å². The normalized spacial score (nSPS) is 11.4. The maximum atomic E-state index is 11.6. The number of hydrogen-bond donors (Lipinski definition) is 0. The van der Waals surface area contributed by atoms with E-state index in [-0.39, 0.29) is 0 Å². The molecule has 1 aromatic carbocycles. The van der Waals surface area contributed by atoms with Crippen LogP contribution in [0.25, 0.3) is 11.4 Å². The van der Waals surface area contributed by atoms with Gasteiger partial charge < -0.3 is 4.74 Å². The monoisotopic (exact) mass is 266 g/mol. The minimum absolute atomic E-state index is 0.388. The van der Waals surface area contributed by atoms with Crippen LogP contribution in [0.4, 0.5) is 0 Å².